The van der Waals surface area contributed by atoms with Crippen molar-refractivity contribution in [2.75, 3.05) is 9.80 Å². The van der Waals surface area contributed by atoms with Gasteiger partial charge in [-0.15, -0.1) is 0 Å². The molecule has 1 aromatic heterocycles. The van der Waals surface area contributed by atoms with Crippen molar-refractivity contribution in [1.82, 2.24) is 0 Å². The third-order valence-corrected chi connectivity index (χ3v) is 15.1. The minimum atomic E-state index is -0.137. The van der Waals surface area contributed by atoms with Gasteiger partial charge in [-0.05, 0) is 151 Å². The van der Waals surface area contributed by atoms with E-state index in [1.165, 1.54) is 95.9 Å². The monoisotopic (exact) mass is 848 g/mol. The van der Waals surface area contributed by atoms with Crippen molar-refractivity contribution in [2.45, 2.75) is 111 Å². The molecule has 3 nitrogen and oxygen atoms in total. The van der Waals surface area contributed by atoms with E-state index in [4.69, 9.17) is 4.42 Å². The largest absolute Gasteiger partial charge is 0.468 e. The highest BCUT2D eigenvalue weighted by Crippen LogP contribution is 2.52. The molecular weight excluding hydrogens is 787 g/mol. The highest BCUT2D eigenvalue weighted by Gasteiger charge is 2.48. The molecule has 2 aliphatic heterocycles. The third kappa shape index (κ3) is 6.61. The van der Waals surface area contributed by atoms with Crippen molar-refractivity contribution in [2.24, 2.45) is 0 Å². The van der Waals surface area contributed by atoms with Gasteiger partial charge in [0.2, 0.25) is 0 Å². The van der Waals surface area contributed by atoms with Crippen LogP contribution in [0.15, 0.2) is 150 Å². The summed E-state index contributed by atoms with van der Waals surface area (Å²) in [4.78, 5) is 5.17. The van der Waals surface area contributed by atoms with Gasteiger partial charge in [0.15, 0.2) is 0 Å². The fraction of sp³-hybridized carbons (Fsp3) is 0.279. The van der Waals surface area contributed by atoms with E-state index in [-0.39, 0.29) is 28.4 Å². The number of rotatable bonds is 4. The maximum atomic E-state index is 7.38. The van der Waals surface area contributed by atoms with Crippen LogP contribution in [0.3, 0.4) is 0 Å². The zero-order valence-corrected chi connectivity index (χ0v) is 40.2. The highest BCUT2D eigenvalue weighted by atomic mass is 16.3. The van der Waals surface area contributed by atoms with Gasteiger partial charge in [-0.1, -0.05) is 160 Å². The number of hydrogen-bond acceptors (Lipinski definition) is 3. The lowest BCUT2D eigenvalue weighted by molar-refractivity contribution is 0.332. The van der Waals surface area contributed by atoms with Gasteiger partial charge < -0.3 is 14.2 Å². The standard InChI is InChI=1S/C61H61BN2O/c1-38-32-52-55-53(33-38)64(50-28-24-42(58(2,3)4)35-45(50)40-20-16-13-17-21-40)51-36-43(59(5,6)7)23-27-49(51)62(55)57-56(46-34-41(22-29-54(46)65-57)39-18-14-12-15-19-39)63(52)44-25-26-47-48(37-44)61(10,11)31-30-60(47,8)9/h12-29,32-37H,30-31H2,1-11H3. The number of nitrogens with zero attached hydrogens (tertiary/aromatic N) is 2. The molecule has 0 atom stereocenters. The molecule has 0 radical (unpaired) electrons. The van der Waals surface area contributed by atoms with E-state index in [9.17, 15) is 0 Å². The van der Waals surface area contributed by atoms with Crippen LogP contribution in [0, 0.1) is 6.92 Å². The molecule has 324 valence electrons. The molecule has 11 rings (SSSR count). The molecule has 0 unspecified atom stereocenters. The maximum Gasteiger partial charge on any atom is 0.297 e. The Bertz CT molecular complexity index is 3200. The van der Waals surface area contributed by atoms with E-state index in [0.29, 0.717) is 0 Å². The molecule has 0 N–H and O–H groups in total. The van der Waals surface area contributed by atoms with Crippen LogP contribution in [0.1, 0.15) is 110 Å². The summed E-state index contributed by atoms with van der Waals surface area (Å²) >= 11 is 0. The number of benzene rings is 7. The first-order valence-corrected chi connectivity index (χ1v) is 23.8. The van der Waals surface area contributed by atoms with Crippen molar-refractivity contribution in [3.63, 3.8) is 0 Å². The zero-order valence-electron chi connectivity index (χ0n) is 40.2. The van der Waals surface area contributed by atoms with Crippen molar-refractivity contribution in [3.05, 3.63) is 173 Å². The summed E-state index contributed by atoms with van der Waals surface area (Å²) in [5.74, 6) is 0. The molecule has 0 saturated carbocycles. The van der Waals surface area contributed by atoms with E-state index in [1.54, 1.807) is 0 Å². The van der Waals surface area contributed by atoms with Crippen LogP contribution in [-0.4, -0.2) is 6.71 Å². The molecule has 0 spiro atoms. The molecule has 0 saturated heterocycles. The van der Waals surface area contributed by atoms with E-state index < -0.39 is 0 Å². The van der Waals surface area contributed by atoms with Crippen LogP contribution in [-0.2, 0) is 21.7 Å². The number of aryl methyl sites for hydroxylation is 1. The molecule has 0 amide bonds. The Morgan fingerprint density at radius 2 is 1.14 bits per heavy atom. The molecule has 3 aliphatic rings. The maximum absolute atomic E-state index is 7.38. The van der Waals surface area contributed by atoms with E-state index in [0.717, 1.165) is 28.7 Å². The van der Waals surface area contributed by atoms with E-state index >= 15 is 0 Å². The fourth-order valence-electron chi connectivity index (χ4n) is 11.2. The Morgan fingerprint density at radius 1 is 0.523 bits per heavy atom. The van der Waals surface area contributed by atoms with Crippen LogP contribution in [0.2, 0.25) is 0 Å². The van der Waals surface area contributed by atoms with Crippen LogP contribution < -0.4 is 26.4 Å². The average molecular weight is 849 g/mol. The SMILES string of the molecule is Cc1cc2c3c(c1)N(c1ccc4c(c1)C(C)(C)CCC4(C)C)c1c(oc4ccc(-c5ccccc5)cc14)B3c1ccc(C(C)(C)C)cc1N2c1ccc(C(C)(C)C)cc1-c1ccccc1. The molecular formula is C61H61BN2O. The second-order valence-corrected chi connectivity index (χ2v) is 22.6. The molecule has 3 heterocycles. The Kier molecular flexibility index (Phi) is 9.16. The fourth-order valence-corrected chi connectivity index (χ4v) is 11.2. The summed E-state index contributed by atoms with van der Waals surface area (Å²) in [6, 6.07) is 55.2. The first-order chi connectivity index (χ1) is 30.9. The molecule has 65 heavy (non-hydrogen) atoms. The van der Waals surface area contributed by atoms with Gasteiger partial charge in [-0.3, -0.25) is 0 Å². The van der Waals surface area contributed by atoms with Gasteiger partial charge in [0.05, 0.1) is 17.0 Å². The second-order valence-electron chi connectivity index (χ2n) is 22.6. The van der Waals surface area contributed by atoms with Crippen molar-refractivity contribution in [1.29, 1.82) is 0 Å². The van der Waals surface area contributed by atoms with Crippen LogP contribution >= 0.6 is 0 Å². The number of fused-ring (bicyclic) bond motifs is 7. The van der Waals surface area contributed by atoms with E-state index in [1.807, 2.05) is 0 Å². The third-order valence-electron chi connectivity index (χ3n) is 15.1. The van der Waals surface area contributed by atoms with Crippen LogP contribution in [0.4, 0.5) is 34.1 Å². The van der Waals surface area contributed by atoms with Gasteiger partial charge in [0.25, 0.3) is 6.71 Å². The average Bonchev–Trinajstić information content (AvgIpc) is 3.66. The lowest BCUT2D eigenvalue weighted by atomic mass is 9.35. The Balaban J connectivity index is 1.25. The molecule has 1 aliphatic carbocycles. The summed E-state index contributed by atoms with van der Waals surface area (Å²) in [5.41, 5.74) is 23.2. The number of hydrogen-bond donors (Lipinski definition) is 0. The summed E-state index contributed by atoms with van der Waals surface area (Å²) in [5, 5.41) is 1.13. The molecule has 4 heteroatoms. The summed E-state index contributed by atoms with van der Waals surface area (Å²) in [6.07, 6.45) is 2.33. The Hall–Kier alpha value is -6.26. The molecule has 0 bridgehead atoms. The first-order valence-electron chi connectivity index (χ1n) is 23.8. The number of furan rings is 1. The van der Waals surface area contributed by atoms with Gasteiger partial charge in [0.1, 0.15) is 5.58 Å². The van der Waals surface area contributed by atoms with Gasteiger partial charge in [-0.2, -0.15) is 0 Å². The van der Waals surface area contributed by atoms with Gasteiger partial charge in [-0.25, -0.2) is 0 Å². The Labute approximate surface area is 387 Å². The Morgan fingerprint density at radius 3 is 1.82 bits per heavy atom. The lowest BCUT2D eigenvalue weighted by Crippen LogP contribution is -2.61. The lowest BCUT2D eigenvalue weighted by Gasteiger charge is -2.45. The van der Waals surface area contributed by atoms with Gasteiger partial charge in [0, 0.05) is 33.7 Å². The quantitative estimate of drug-likeness (QED) is 0.165. The summed E-state index contributed by atoms with van der Waals surface area (Å²) in [6.45, 7) is 25.8. The topological polar surface area (TPSA) is 19.6 Å². The van der Waals surface area contributed by atoms with Gasteiger partial charge >= 0.3 is 0 Å². The second kappa shape index (κ2) is 14.4. The van der Waals surface area contributed by atoms with Crippen LogP contribution in [0.5, 0.6) is 0 Å². The minimum Gasteiger partial charge on any atom is -0.468 e. The number of anilines is 6. The highest BCUT2D eigenvalue weighted by molar-refractivity contribution is 7.00. The normalized spacial score (nSPS) is 16.0. The van der Waals surface area contributed by atoms with Crippen LogP contribution in [0.25, 0.3) is 33.2 Å². The summed E-state index contributed by atoms with van der Waals surface area (Å²) < 4.78 is 7.38. The van der Waals surface area contributed by atoms with E-state index in [2.05, 4.69) is 232 Å². The zero-order chi connectivity index (χ0) is 45.4. The first kappa shape index (κ1) is 41.4. The molecule has 0 fully saturated rings. The molecule has 7 aromatic carbocycles. The smallest absolute Gasteiger partial charge is 0.297 e. The minimum absolute atomic E-state index is 0.0217. The predicted molar refractivity (Wildman–Crippen MR) is 279 cm³/mol. The van der Waals surface area contributed by atoms with Crippen molar-refractivity contribution in [3.8, 4) is 22.3 Å². The van der Waals surface area contributed by atoms with Crippen molar-refractivity contribution >= 4 is 68.4 Å². The predicted octanol–water partition coefficient (Wildman–Crippen LogP) is 15.1. The summed E-state index contributed by atoms with van der Waals surface area (Å²) in [7, 11) is 0. The molecule has 8 aromatic rings. The van der Waals surface area contributed by atoms with Crippen molar-refractivity contribution < 1.29 is 4.42 Å².